The molecule has 1 aromatic heterocycles. The second-order valence-corrected chi connectivity index (χ2v) is 5.30. The van der Waals surface area contributed by atoms with Gasteiger partial charge in [0.1, 0.15) is 0 Å². The molecule has 1 amide bonds. The number of aromatic nitrogens is 2. The highest BCUT2D eigenvalue weighted by atomic mass is 16.5. The summed E-state index contributed by atoms with van der Waals surface area (Å²) in [7, 11) is 3.20. The molecule has 0 aromatic carbocycles. The molecule has 2 rings (SSSR count). The third-order valence-corrected chi connectivity index (χ3v) is 3.67. The van der Waals surface area contributed by atoms with Crippen LogP contribution < -0.4 is 10.1 Å². The van der Waals surface area contributed by atoms with Crippen LogP contribution in [-0.2, 0) is 16.6 Å². The summed E-state index contributed by atoms with van der Waals surface area (Å²) in [6.45, 7) is 3.55. The van der Waals surface area contributed by atoms with Gasteiger partial charge in [0.25, 0.3) is 0 Å². The van der Waals surface area contributed by atoms with Gasteiger partial charge in [0.2, 0.25) is 11.8 Å². The number of methoxy groups -OCH3 is 1. The predicted molar refractivity (Wildman–Crippen MR) is 66.8 cm³/mol. The minimum Gasteiger partial charge on any atom is -0.481 e. The molecule has 7 nitrogen and oxygen atoms in total. The molecule has 0 unspecified atom stereocenters. The normalized spacial score (nSPS) is 23.8. The van der Waals surface area contributed by atoms with Crippen LogP contribution in [0.5, 0.6) is 5.88 Å². The molecule has 1 aliphatic carbocycles. The fourth-order valence-electron chi connectivity index (χ4n) is 2.49. The van der Waals surface area contributed by atoms with E-state index in [1.54, 1.807) is 27.0 Å². The maximum atomic E-state index is 12.0. The second-order valence-electron chi connectivity index (χ2n) is 5.30. The molecule has 0 spiro atoms. The van der Waals surface area contributed by atoms with E-state index in [9.17, 15) is 9.59 Å². The SMILES string of the molecule is COc1cc(NC(=O)[C@H]2[C@@H](C(=O)O)C2(C)C)nn1C. The summed E-state index contributed by atoms with van der Waals surface area (Å²) < 4.78 is 6.53. The van der Waals surface area contributed by atoms with E-state index < -0.39 is 23.2 Å². The molecule has 0 aliphatic heterocycles. The molecule has 1 aliphatic rings. The van der Waals surface area contributed by atoms with E-state index in [0.717, 1.165) is 0 Å². The molecule has 19 heavy (non-hydrogen) atoms. The molecule has 104 valence electrons. The van der Waals surface area contributed by atoms with Crippen molar-refractivity contribution in [3.8, 4) is 5.88 Å². The molecular formula is C12H17N3O4. The van der Waals surface area contributed by atoms with Crippen molar-refractivity contribution in [2.24, 2.45) is 24.3 Å². The van der Waals surface area contributed by atoms with Crippen LogP contribution in [0.25, 0.3) is 0 Å². The number of nitrogens with one attached hydrogen (secondary N) is 1. The molecule has 0 radical (unpaired) electrons. The number of carbonyl (C=O) groups excluding carboxylic acids is 1. The summed E-state index contributed by atoms with van der Waals surface area (Å²) >= 11 is 0. The van der Waals surface area contributed by atoms with Gasteiger partial charge in [0.15, 0.2) is 5.82 Å². The number of aryl methyl sites for hydroxylation is 1. The highest BCUT2D eigenvalue weighted by molar-refractivity contribution is 5.99. The summed E-state index contributed by atoms with van der Waals surface area (Å²) in [4.78, 5) is 23.1. The Bertz CT molecular complexity index is 535. The van der Waals surface area contributed by atoms with Crippen LogP contribution in [0, 0.1) is 17.3 Å². The molecule has 2 atom stereocenters. The topological polar surface area (TPSA) is 93.4 Å². The van der Waals surface area contributed by atoms with Crippen molar-refractivity contribution in [3.63, 3.8) is 0 Å². The molecule has 7 heteroatoms. The minimum atomic E-state index is -0.941. The van der Waals surface area contributed by atoms with Crippen molar-refractivity contribution in [1.29, 1.82) is 0 Å². The summed E-state index contributed by atoms with van der Waals surface area (Å²) in [5, 5.41) is 15.7. The van der Waals surface area contributed by atoms with Gasteiger partial charge in [0.05, 0.1) is 18.9 Å². The first-order chi connectivity index (χ1) is 8.78. The van der Waals surface area contributed by atoms with Gasteiger partial charge in [-0.1, -0.05) is 13.8 Å². The van der Waals surface area contributed by atoms with Gasteiger partial charge in [0, 0.05) is 13.1 Å². The number of nitrogens with zero attached hydrogens (tertiary/aromatic N) is 2. The lowest BCUT2D eigenvalue weighted by Crippen LogP contribution is -2.18. The van der Waals surface area contributed by atoms with Gasteiger partial charge in [-0.2, -0.15) is 5.10 Å². The Morgan fingerprint density at radius 1 is 1.47 bits per heavy atom. The van der Waals surface area contributed by atoms with Crippen molar-refractivity contribution < 1.29 is 19.4 Å². The van der Waals surface area contributed by atoms with Gasteiger partial charge in [-0.15, -0.1) is 0 Å². The Labute approximate surface area is 110 Å². The lowest BCUT2D eigenvalue weighted by molar-refractivity contribution is -0.140. The number of ether oxygens (including phenoxy) is 1. The lowest BCUT2D eigenvalue weighted by atomic mass is 10.1. The second kappa shape index (κ2) is 4.25. The fraction of sp³-hybridized carbons (Fsp3) is 0.583. The summed E-state index contributed by atoms with van der Waals surface area (Å²) in [5.41, 5.74) is -0.519. The molecule has 2 N–H and O–H groups in total. The largest absolute Gasteiger partial charge is 0.481 e. The molecule has 0 saturated heterocycles. The Morgan fingerprint density at radius 3 is 2.53 bits per heavy atom. The van der Waals surface area contributed by atoms with Crippen LogP contribution in [0.1, 0.15) is 13.8 Å². The Balaban J connectivity index is 2.08. The zero-order valence-corrected chi connectivity index (χ0v) is 11.3. The van der Waals surface area contributed by atoms with Gasteiger partial charge < -0.3 is 15.2 Å². The Hall–Kier alpha value is -2.05. The Morgan fingerprint density at radius 2 is 2.11 bits per heavy atom. The zero-order valence-electron chi connectivity index (χ0n) is 11.3. The number of hydrogen-bond acceptors (Lipinski definition) is 4. The van der Waals surface area contributed by atoms with E-state index in [-0.39, 0.29) is 5.91 Å². The number of hydrogen-bond donors (Lipinski definition) is 2. The number of anilines is 1. The minimum absolute atomic E-state index is 0.321. The Kier molecular flexibility index (Phi) is 3.00. The monoisotopic (exact) mass is 267 g/mol. The van der Waals surface area contributed by atoms with E-state index in [4.69, 9.17) is 9.84 Å². The van der Waals surface area contributed by atoms with Crippen molar-refractivity contribution >= 4 is 17.7 Å². The average Bonchev–Trinajstić information content (AvgIpc) is 2.71. The van der Waals surface area contributed by atoms with Gasteiger partial charge in [-0.05, 0) is 5.41 Å². The molecule has 0 bridgehead atoms. The van der Waals surface area contributed by atoms with Crippen LogP contribution in [0.3, 0.4) is 0 Å². The number of carboxylic acid groups (broad SMARTS) is 1. The lowest BCUT2D eigenvalue weighted by Gasteiger charge is -2.02. The van der Waals surface area contributed by atoms with E-state index in [1.165, 1.54) is 11.8 Å². The van der Waals surface area contributed by atoms with Crippen LogP contribution in [0.15, 0.2) is 6.07 Å². The summed E-state index contributed by atoms with van der Waals surface area (Å²) in [6.07, 6.45) is 0. The fourth-order valence-corrected chi connectivity index (χ4v) is 2.49. The summed E-state index contributed by atoms with van der Waals surface area (Å²) in [5.74, 6) is -1.56. The number of carboxylic acids is 1. The predicted octanol–water partition coefficient (Wildman–Crippen LogP) is 0.724. The van der Waals surface area contributed by atoms with E-state index >= 15 is 0 Å². The first-order valence-electron chi connectivity index (χ1n) is 5.90. The number of rotatable bonds is 4. The summed E-state index contributed by atoms with van der Waals surface area (Å²) in [6, 6.07) is 1.59. The number of aliphatic carboxylic acids is 1. The highest BCUT2D eigenvalue weighted by Gasteiger charge is 2.65. The zero-order chi connectivity index (χ0) is 14.4. The van der Waals surface area contributed by atoms with E-state index in [1.807, 2.05) is 0 Å². The number of amides is 1. The third kappa shape index (κ3) is 2.16. The molecular weight excluding hydrogens is 250 g/mol. The van der Waals surface area contributed by atoms with Crippen LogP contribution in [0.2, 0.25) is 0 Å². The van der Waals surface area contributed by atoms with Gasteiger partial charge in [-0.3, -0.25) is 9.59 Å². The van der Waals surface area contributed by atoms with Crippen molar-refractivity contribution in [2.75, 3.05) is 12.4 Å². The first kappa shape index (κ1) is 13.4. The maximum Gasteiger partial charge on any atom is 0.307 e. The quantitative estimate of drug-likeness (QED) is 0.838. The van der Waals surface area contributed by atoms with E-state index in [0.29, 0.717) is 11.7 Å². The highest BCUT2D eigenvalue weighted by Crippen LogP contribution is 2.58. The molecule has 1 aromatic rings. The average molecular weight is 267 g/mol. The van der Waals surface area contributed by atoms with Gasteiger partial charge in [-0.25, -0.2) is 4.68 Å². The van der Waals surface area contributed by atoms with Crippen molar-refractivity contribution in [1.82, 2.24) is 9.78 Å². The standard InChI is InChI=1S/C12H17N3O4/c1-12(2)8(9(12)11(17)18)10(16)13-6-5-7(19-4)15(3)14-6/h5,8-9H,1-4H3,(H,17,18)(H,13,14,16)/t8-,9+/m1/s1. The van der Waals surface area contributed by atoms with Crippen molar-refractivity contribution in [2.45, 2.75) is 13.8 Å². The molecule has 1 saturated carbocycles. The molecule has 1 fully saturated rings. The maximum absolute atomic E-state index is 12.0. The van der Waals surface area contributed by atoms with Crippen molar-refractivity contribution in [3.05, 3.63) is 6.07 Å². The molecule has 1 heterocycles. The van der Waals surface area contributed by atoms with Gasteiger partial charge >= 0.3 is 5.97 Å². The van der Waals surface area contributed by atoms with Crippen LogP contribution in [-0.4, -0.2) is 33.9 Å². The van der Waals surface area contributed by atoms with Crippen LogP contribution >= 0.6 is 0 Å². The number of carbonyl (C=O) groups is 2. The third-order valence-electron chi connectivity index (χ3n) is 3.67. The first-order valence-corrected chi connectivity index (χ1v) is 5.90. The van der Waals surface area contributed by atoms with Crippen LogP contribution in [0.4, 0.5) is 5.82 Å². The smallest absolute Gasteiger partial charge is 0.307 e. The van der Waals surface area contributed by atoms with E-state index in [2.05, 4.69) is 10.4 Å².